The molecule has 6 nitrogen and oxygen atoms in total. The fourth-order valence-corrected chi connectivity index (χ4v) is 2.18. The van der Waals surface area contributed by atoms with Gasteiger partial charge in [-0.1, -0.05) is 0 Å². The SMILES string of the molecule is NC(=O)c1cc(NCc2cncc(Br)c2)cc(C(N)=O)c1. The molecule has 21 heavy (non-hydrogen) atoms. The van der Waals surface area contributed by atoms with Gasteiger partial charge in [0, 0.05) is 40.2 Å². The van der Waals surface area contributed by atoms with Crippen molar-refractivity contribution in [2.24, 2.45) is 11.5 Å². The summed E-state index contributed by atoms with van der Waals surface area (Å²) < 4.78 is 0.866. The van der Waals surface area contributed by atoms with Gasteiger partial charge >= 0.3 is 0 Å². The molecule has 0 saturated carbocycles. The molecule has 1 aromatic heterocycles. The fourth-order valence-electron chi connectivity index (χ4n) is 1.77. The van der Waals surface area contributed by atoms with E-state index in [-0.39, 0.29) is 11.1 Å². The number of hydrogen-bond donors (Lipinski definition) is 3. The first-order valence-corrected chi connectivity index (χ1v) is 6.83. The molecule has 1 heterocycles. The first-order valence-electron chi connectivity index (χ1n) is 6.03. The van der Waals surface area contributed by atoms with Crippen LogP contribution in [0.2, 0.25) is 0 Å². The van der Waals surface area contributed by atoms with Gasteiger partial charge in [-0.05, 0) is 45.8 Å². The molecule has 2 aromatic rings. The summed E-state index contributed by atoms with van der Waals surface area (Å²) in [6, 6.07) is 6.42. The number of nitrogens with one attached hydrogen (secondary N) is 1. The number of carbonyl (C=O) groups is 2. The van der Waals surface area contributed by atoms with Crippen molar-refractivity contribution in [3.63, 3.8) is 0 Å². The highest BCUT2D eigenvalue weighted by atomic mass is 79.9. The molecule has 0 aliphatic carbocycles. The lowest BCUT2D eigenvalue weighted by Crippen LogP contribution is -2.16. The molecular weight excluding hydrogens is 336 g/mol. The van der Waals surface area contributed by atoms with Crippen LogP contribution in [0.1, 0.15) is 26.3 Å². The fraction of sp³-hybridized carbons (Fsp3) is 0.0714. The van der Waals surface area contributed by atoms with E-state index in [0.29, 0.717) is 12.2 Å². The number of rotatable bonds is 5. The van der Waals surface area contributed by atoms with Gasteiger partial charge in [0.15, 0.2) is 0 Å². The predicted molar refractivity (Wildman–Crippen MR) is 82.7 cm³/mol. The van der Waals surface area contributed by atoms with E-state index in [1.807, 2.05) is 6.07 Å². The number of carbonyl (C=O) groups excluding carboxylic acids is 2. The van der Waals surface area contributed by atoms with Crippen molar-refractivity contribution in [3.8, 4) is 0 Å². The summed E-state index contributed by atoms with van der Waals surface area (Å²) in [5.74, 6) is -1.24. The number of aromatic nitrogens is 1. The van der Waals surface area contributed by atoms with Crippen molar-refractivity contribution in [3.05, 3.63) is 57.8 Å². The third kappa shape index (κ3) is 4.03. The summed E-state index contributed by atoms with van der Waals surface area (Å²) in [4.78, 5) is 26.6. The standard InChI is InChI=1S/C14H13BrN4O2/c15-11-1-8(5-18-7-11)6-19-12-3-9(13(16)20)2-10(4-12)14(17)21/h1-5,7,19H,6H2,(H2,16,20)(H2,17,21). The number of nitrogens with two attached hydrogens (primary N) is 2. The highest BCUT2D eigenvalue weighted by Crippen LogP contribution is 2.17. The number of primary amides is 2. The zero-order valence-electron chi connectivity index (χ0n) is 11.0. The van der Waals surface area contributed by atoms with Crippen LogP contribution in [0.25, 0.3) is 0 Å². The first kappa shape index (κ1) is 15.0. The van der Waals surface area contributed by atoms with Gasteiger partial charge in [-0.2, -0.15) is 0 Å². The van der Waals surface area contributed by atoms with Gasteiger partial charge < -0.3 is 16.8 Å². The Balaban J connectivity index is 2.23. The lowest BCUT2D eigenvalue weighted by molar-refractivity contribution is 0.0999. The first-order chi connectivity index (χ1) is 9.95. The van der Waals surface area contributed by atoms with E-state index in [1.165, 1.54) is 6.07 Å². The smallest absolute Gasteiger partial charge is 0.248 e. The summed E-state index contributed by atoms with van der Waals surface area (Å²) in [7, 11) is 0. The van der Waals surface area contributed by atoms with Crippen LogP contribution in [0.5, 0.6) is 0 Å². The Hall–Kier alpha value is -2.41. The minimum atomic E-state index is -0.620. The van der Waals surface area contributed by atoms with E-state index in [0.717, 1.165) is 10.0 Å². The Labute approximate surface area is 129 Å². The second-order valence-corrected chi connectivity index (χ2v) is 5.31. The summed E-state index contributed by atoms with van der Waals surface area (Å²) >= 11 is 3.34. The second-order valence-electron chi connectivity index (χ2n) is 4.39. The van der Waals surface area contributed by atoms with Crippen LogP contribution < -0.4 is 16.8 Å². The van der Waals surface area contributed by atoms with Crippen LogP contribution >= 0.6 is 15.9 Å². The topological polar surface area (TPSA) is 111 Å². The van der Waals surface area contributed by atoms with E-state index in [1.54, 1.807) is 24.5 Å². The van der Waals surface area contributed by atoms with Crippen molar-refractivity contribution in [2.75, 3.05) is 5.32 Å². The third-order valence-electron chi connectivity index (χ3n) is 2.76. The number of anilines is 1. The van der Waals surface area contributed by atoms with E-state index in [9.17, 15) is 9.59 Å². The van der Waals surface area contributed by atoms with Crippen LogP contribution in [0.3, 0.4) is 0 Å². The van der Waals surface area contributed by atoms with Crippen molar-refractivity contribution < 1.29 is 9.59 Å². The van der Waals surface area contributed by atoms with Gasteiger partial charge in [0.05, 0.1) is 0 Å². The minimum absolute atomic E-state index is 0.223. The number of pyridine rings is 1. The van der Waals surface area contributed by atoms with Crippen LogP contribution in [0, 0.1) is 0 Å². The Morgan fingerprint density at radius 1 is 1.05 bits per heavy atom. The molecule has 5 N–H and O–H groups in total. The van der Waals surface area contributed by atoms with E-state index in [4.69, 9.17) is 11.5 Å². The van der Waals surface area contributed by atoms with Gasteiger partial charge in [-0.25, -0.2) is 0 Å². The minimum Gasteiger partial charge on any atom is -0.381 e. The second kappa shape index (κ2) is 6.36. The molecule has 2 amide bonds. The summed E-state index contributed by atoms with van der Waals surface area (Å²) in [6.07, 6.45) is 3.40. The largest absolute Gasteiger partial charge is 0.381 e. The van der Waals surface area contributed by atoms with E-state index < -0.39 is 11.8 Å². The normalized spacial score (nSPS) is 10.1. The Morgan fingerprint density at radius 3 is 2.19 bits per heavy atom. The third-order valence-corrected chi connectivity index (χ3v) is 3.19. The van der Waals surface area contributed by atoms with Gasteiger partial charge in [0.1, 0.15) is 0 Å². The molecule has 2 rings (SSSR count). The monoisotopic (exact) mass is 348 g/mol. The number of amides is 2. The Morgan fingerprint density at radius 2 is 1.67 bits per heavy atom. The Kier molecular flexibility index (Phi) is 4.54. The highest BCUT2D eigenvalue weighted by Gasteiger charge is 2.09. The van der Waals surface area contributed by atoms with Crippen LogP contribution in [-0.2, 0) is 6.54 Å². The van der Waals surface area contributed by atoms with Gasteiger partial charge in [-0.3, -0.25) is 14.6 Å². The van der Waals surface area contributed by atoms with Crippen molar-refractivity contribution >= 4 is 33.4 Å². The maximum absolute atomic E-state index is 11.3. The summed E-state index contributed by atoms with van der Waals surface area (Å²) in [6.45, 7) is 0.479. The number of benzene rings is 1. The van der Waals surface area contributed by atoms with Crippen LogP contribution in [0.4, 0.5) is 5.69 Å². The number of nitrogens with zero attached hydrogens (tertiary/aromatic N) is 1. The van der Waals surface area contributed by atoms with Gasteiger partial charge in [0.25, 0.3) is 0 Å². The molecule has 0 atom stereocenters. The molecule has 0 saturated heterocycles. The molecule has 0 fully saturated rings. The quantitative estimate of drug-likeness (QED) is 0.762. The Bertz CT molecular complexity index is 671. The zero-order valence-corrected chi connectivity index (χ0v) is 12.6. The average molecular weight is 349 g/mol. The molecule has 0 aliphatic rings. The van der Waals surface area contributed by atoms with E-state index in [2.05, 4.69) is 26.2 Å². The van der Waals surface area contributed by atoms with Crippen molar-refractivity contribution in [2.45, 2.75) is 6.54 Å². The zero-order chi connectivity index (χ0) is 15.4. The van der Waals surface area contributed by atoms with Gasteiger partial charge in [-0.15, -0.1) is 0 Å². The van der Waals surface area contributed by atoms with Crippen molar-refractivity contribution in [1.82, 2.24) is 4.98 Å². The number of halogens is 1. The molecule has 0 spiro atoms. The van der Waals surface area contributed by atoms with Crippen LogP contribution in [0.15, 0.2) is 41.1 Å². The maximum Gasteiger partial charge on any atom is 0.248 e. The van der Waals surface area contributed by atoms with Gasteiger partial charge in [0.2, 0.25) is 11.8 Å². The maximum atomic E-state index is 11.3. The lowest BCUT2D eigenvalue weighted by Gasteiger charge is -2.09. The molecule has 0 bridgehead atoms. The number of hydrogen-bond acceptors (Lipinski definition) is 4. The molecule has 0 aliphatic heterocycles. The molecule has 0 unspecified atom stereocenters. The summed E-state index contributed by atoms with van der Waals surface area (Å²) in [5, 5.41) is 3.10. The van der Waals surface area contributed by atoms with Crippen molar-refractivity contribution in [1.29, 1.82) is 0 Å². The lowest BCUT2D eigenvalue weighted by atomic mass is 10.1. The average Bonchev–Trinajstić information content (AvgIpc) is 2.45. The summed E-state index contributed by atoms with van der Waals surface area (Å²) in [5.41, 5.74) is 12.5. The predicted octanol–water partition coefficient (Wildman–Crippen LogP) is 1.65. The molecule has 0 radical (unpaired) electrons. The molecule has 7 heteroatoms. The molecular formula is C14H13BrN4O2. The molecule has 108 valence electrons. The van der Waals surface area contributed by atoms with Crippen LogP contribution in [-0.4, -0.2) is 16.8 Å². The van der Waals surface area contributed by atoms with E-state index >= 15 is 0 Å². The highest BCUT2D eigenvalue weighted by molar-refractivity contribution is 9.10. The molecule has 1 aromatic carbocycles.